The Morgan fingerprint density at radius 1 is 1.23 bits per heavy atom. The molecule has 4 rings (SSSR count). The summed E-state index contributed by atoms with van der Waals surface area (Å²) in [6, 6.07) is 13.8. The summed E-state index contributed by atoms with van der Waals surface area (Å²) in [5.74, 6) is -0.210. The number of nitrogens with two attached hydrogens (primary N) is 1. The van der Waals surface area contributed by atoms with Crippen LogP contribution >= 0.6 is 0 Å². The van der Waals surface area contributed by atoms with Crippen molar-refractivity contribution in [3.63, 3.8) is 0 Å². The molecule has 0 spiro atoms. The number of nitrogen functional groups attached to an aromatic ring is 1. The van der Waals surface area contributed by atoms with Crippen LogP contribution in [0.1, 0.15) is 46.1 Å². The zero-order valence-electron chi connectivity index (χ0n) is 14.6. The second kappa shape index (κ2) is 6.63. The number of aromatic nitrogens is 3. The lowest BCUT2D eigenvalue weighted by molar-refractivity contribution is 0.0927. The molecule has 0 bridgehead atoms. The number of fused-ring (bicyclic) bond motifs is 1. The number of benzene rings is 2. The molecule has 3 N–H and O–H groups in total. The summed E-state index contributed by atoms with van der Waals surface area (Å²) in [5.41, 5.74) is 11.4. The molecule has 1 unspecified atom stereocenters. The predicted octanol–water partition coefficient (Wildman–Crippen LogP) is 2.97. The van der Waals surface area contributed by atoms with Crippen molar-refractivity contribution in [1.82, 2.24) is 20.3 Å². The van der Waals surface area contributed by atoms with E-state index < -0.39 is 0 Å². The van der Waals surface area contributed by atoms with Crippen LogP contribution in [0.3, 0.4) is 0 Å². The summed E-state index contributed by atoms with van der Waals surface area (Å²) < 4.78 is 1.61. The quantitative estimate of drug-likeness (QED) is 0.713. The van der Waals surface area contributed by atoms with E-state index in [1.165, 1.54) is 11.1 Å². The fraction of sp³-hybridized carbons (Fsp3) is 0.250. The number of anilines is 1. The Hall–Kier alpha value is -3.15. The molecule has 1 aliphatic rings. The van der Waals surface area contributed by atoms with E-state index >= 15 is 0 Å². The summed E-state index contributed by atoms with van der Waals surface area (Å²) in [5, 5.41) is 11.2. The summed E-state index contributed by atoms with van der Waals surface area (Å²) in [6.07, 6.45) is 4.59. The molecule has 1 aromatic heterocycles. The van der Waals surface area contributed by atoms with Crippen LogP contribution in [0.2, 0.25) is 0 Å². The van der Waals surface area contributed by atoms with Gasteiger partial charge in [0.15, 0.2) is 5.69 Å². The van der Waals surface area contributed by atoms with E-state index in [1.54, 1.807) is 10.9 Å². The van der Waals surface area contributed by atoms with Gasteiger partial charge in [-0.15, -0.1) is 5.10 Å². The second-order valence-corrected chi connectivity index (χ2v) is 6.76. The number of amides is 1. The van der Waals surface area contributed by atoms with Gasteiger partial charge in [0.2, 0.25) is 0 Å². The first-order chi connectivity index (χ1) is 12.6. The third kappa shape index (κ3) is 3.18. The van der Waals surface area contributed by atoms with Crippen molar-refractivity contribution in [3.05, 3.63) is 71.0 Å². The zero-order valence-corrected chi connectivity index (χ0v) is 14.6. The monoisotopic (exact) mass is 347 g/mol. The van der Waals surface area contributed by atoms with Crippen molar-refractivity contribution in [3.8, 4) is 5.69 Å². The summed E-state index contributed by atoms with van der Waals surface area (Å²) in [6.45, 7) is 2.03. The molecule has 0 radical (unpaired) electrons. The van der Waals surface area contributed by atoms with Gasteiger partial charge in [-0.1, -0.05) is 29.0 Å². The van der Waals surface area contributed by atoms with Gasteiger partial charge in [0.05, 0.1) is 17.9 Å². The van der Waals surface area contributed by atoms with Gasteiger partial charge in [-0.05, 0) is 61.6 Å². The maximum absolute atomic E-state index is 12.6. The minimum Gasteiger partial charge on any atom is -0.399 e. The molecular weight excluding hydrogens is 326 g/mol. The van der Waals surface area contributed by atoms with Crippen molar-refractivity contribution >= 4 is 11.6 Å². The smallest absolute Gasteiger partial charge is 0.273 e. The number of rotatable bonds is 3. The Morgan fingerprint density at radius 2 is 2.04 bits per heavy atom. The minimum absolute atomic E-state index is 0.0172. The molecule has 0 saturated carbocycles. The number of carbonyl (C=O) groups excluding carboxylic acids is 1. The third-order valence-corrected chi connectivity index (χ3v) is 4.81. The van der Waals surface area contributed by atoms with Crippen LogP contribution < -0.4 is 11.1 Å². The number of hydrogen-bond acceptors (Lipinski definition) is 4. The van der Waals surface area contributed by atoms with Gasteiger partial charge >= 0.3 is 0 Å². The lowest BCUT2D eigenvalue weighted by Crippen LogP contribution is -2.31. The molecular formula is C20H21N5O. The van der Waals surface area contributed by atoms with Gasteiger partial charge in [-0.25, -0.2) is 4.68 Å². The SMILES string of the molecule is Cc1ccc(-n2cc(C(=O)NC3CCCc4cc(N)ccc43)nn2)cc1. The van der Waals surface area contributed by atoms with Crippen LogP contribution in [-0.4, -0.2) is 20.9 Å². The Balaban J connectivity index is 1.52. The molecule has 1 amide bonds. The molecule has 3 aromatic rings. The average molecular weight is 347 g/mol. The molecule has 0 saturated heterocycles. The highest BCUT2D eigenvalue weighted by Gasteiger charge is 2.23. The molecule has 2 aromatic carbocycles. The first-order valence-corrected chi connectivity index (χ1v) is 8.79. The van der Waals surface area contributed by atoms with E-state index in [0.717, 1.165) is 36.2 Å². The van der Waals surface area contributed by atoms with Gasteiger partial charge in [0, 0.05) is 5.69 Å². The van der Waals surface area contributed by atoms with Crippen molar-refractivity contribution < 1.29 is 4.79 Å². The predicted molar refractivity (Wildman–Crippen MR) is 100 cm³/mol. The molecule has 0 aliphatic heterocycles. The Morgan fingerprint density at radius 3 is 2.85 bits per heavy atom. The number of nitrogens with one attached hydrogen (secondary N) is 1. The summed E-state index contributed by atoms with van der Waals surface area (Å²) in [7, 11) is 0. The Bertz CT molecular complexity index is 945. The highest BCUT2D eigenvalue weighted by atomic mass is 16.2. The topological polar surface area (TPSA) is 85.8 Å². The van der Waals surface area contributed by atoms with Crippen molar-refractivity contribution in [1.29, 1.82) is 0 Å². The van der Waals surface area contributed by atoms with E-state index in [4.69, 9.17) is 5.73 Å². The summed E-state index contributed by atoms with van der Waals surface area (Å²) in [4.78, 5) is 12.6. The number of nitrogens with zero attached hydrogens (tertiary/aromatic N) is 3. The maximum Gasteiger partial charge on any atom is 0.273 e. The molecule has 6 nitrogen and oxygen atoms in total. The lowest BCUT2D eigenvalue weighted by Gasteiger charge is -2.26. The van der Waals surface area contributed by atoms with Crippen molar-refractivity contribution in [2.24, 2.45) is 0 Å². The fourth-order valence-electron chi connectivity index (χ4n) is 3.41. The Kier molecular flexibility index (Phi) is 4.16. The number of hydrogen-bond donors (Lipinski definition) is 2. The van der Waals surface area contributed by atoms with E-state index in [2.05, 4.69) is 15.6 Å². The van der Waals surface area contributed by atoms with Crippen LogP contribution in [0.25, 0.3) is 5.69 Å². The van der Waals surface area contributed by atoms with Gasteiger partial charge in [-0.2, -0.15) is 0 Å². The summed E-state index contributed by atoms with van der Waals surface area (Å²) >= 11 is 0. The number of carbonyl (C=O) groups is 1. The van der Waals surface area contributed by atoms with E-state index in [-0.39, 0.29) is 11.9 Å². The van der Waals surface area contributed by atoms with Gasteiger partial charge < -0.3 is 11.1 Å². The molecule has 1 heterocycles. The van der Waals surface area contributed by atoms with Crippen LogP contribution in [0.15, 0.2) is 48.7 Å². The van der Waals surface area contributed by atoms with Crippen LogP contribution in [0, 0.1) is 6.92 Å². The largest absolute Gasteiger partial charge is 0.399 e. The van der Waals surface area contributed by atoms with Crippen LogP contribution in [-0.2, 0) is 6.42 Å². The highest BCUT2D eigenvalue weighted by Crippen LogP contribution is 2.31. The molecule has 0 fully saturated rings. The Labute approximate surface area is 152 Å². The van der Waals surface area contributed by atoms with E-state index in [9.17, 15) is 4.79 Å². The van der Waals surface area contributed by atoms with Crippen LogP contribution in [0.4, 0.5) is 5.69 Å². The lowest BCUT2D eigenvalue weighted by atomic mass is 9.87. The molecule has 26 heavy (non-hydrogen) atoms. The van der Waals surface area contributed by atoms with E-state index in [1.807, 2.05) is 49.4 Å². The first kappa shape index (κ1) is 16.3. The normalized spacial score (nSPS) is 16.1. The first-order valence-electron chi connectivity index (χ1n) is 8.79. The molecule has 132 valence electrons. The van der Waals surface area contributed by atoms with E-state index in [0.29, 0.717) is 5.69 Å². The average Bonchev–Trinajstić information content (AvgIpc) is 3.12. The molecule has 1 atom stereocenters. The molecule has 1 aliphatic carbocycles. The van der Waals surface area contributed by atoms with Gasteiger partial charge in [0.25, 0.3) is 5.91 Å². The van der Waals surface area contributed by atoms with Gasteiger partial charge in [0.1, 0.15) is 0 Å². The number of aryl methyl sites for hydroxylation is 2. The maximum atomic E-state index is 12.6. The van der Waals surface area contributed by atoms with Gasteiger partial charge in [-0.3, -0.25) is 4.79 Å². The fourth-order valence-corrected chi connectivity index (χ4v) is 3.41. The van der Waals surface area contributed by atoms with Crippen molar-refractivity contribution in [2.75, 3.05) is 5.73 Å². The second-order valence-electron chi connectivity index (χ2n) is 6.76. The highest BCUT2D eigenvalue weighted by molar-refractivity contribution is 5.92. The standard InChI is InChI=1S/C20H21N5O/c1-13-5-8-16(9-6-13)25-12-19(23-24-25)20(26)22-18-4-2-3-14-11-15(21)7-10-17(14)18/h5-12,18H,2-4,21H2,1H3,(H,22,26). The van der Waals surface area contributed by atoms with Crippen LogP contribution in [0.5, 0.6) is 0 Å². The molecule has 6 heteroatoms. The van der Waals surface area contributed by atoms with Crippen molar-refractivity contribution in [2.45, 2.75) is 32.2 Å². The zero-order chi connectivity index (χ0) is 18.1. The minimum atomic E-state index is -0.210. The third-order valence-electron chi connectivity index (χ3n) is 4.81.